The molecule has 2 rings (SSSR count). The van der Waals surface area contributed by atoms with Crippen LogP contribution in [0.2, 0.25) is 0 Å². The lowest BCUT2D eigenvalue weighted by Gasteiger charge is -2.36. The van der Waals surface area contributed by atoms with Crippen LogP contribution in [0.1, 0.15) is 26.7 Å². The standard InChI is InChI=1S/C9H16O3S/c1-5-8(10)6-3-9(5,2)4-7(6)13(11)12/h5-8,10H,3-4H2,1-2H3,(H,11,12)/p-1. The first-order valence-electron chi connectivity index (χ1n) is 4.72. The van der Waals surface area contributed by atoms with Gasteiger partial charge < -0.3 is 9.66 Å². The van der Waals surface area contributed by atoms with Crippen LogP contribution >= 0.6 is 0 Å². The second kappa shape index (κ2) is 2.78. The molecule has 2 aliphatic rings. The Morgan fingerprint density at radius 2 is 2.15 bits per heavy atom. The van der Waals surface area contributed by atoms with E-state index in [0.29, 0.717) is 0 Å². The topological polar surface area (TPSA) is 60.4 Å². The van der Waals surface area contributed by atoms with E-state index in [0.717, 1.165) is 12.8 Å². The van der Waals surface area contributed by atoms with Gasteiger partial charge in [0.05, 0.1) is 6.10 Å². The van der Waals surface area contributed by atoms with Crippen molar-refractivity contribution < 1.29 is 13.9 Å². The Labute approximate surface area is 80.8 Å². The van der Waals surface area contributed by atoms with E-state index in [-0.39, 0.29) is 22.5 Å². The van der Waals surface area contributed by atoms with Crippen molar-refractivity contribution in [1.82, 2.24) is 0 Å². The molecule has 0 amide bonds. The van der Waals surface area contributed by atoms with E-state index in [1.54, 1.807) is 0 Å². The summed E-state index contributed by atoms with van der Waals surface area (Å²) < 4.78 is 21.7. The van der Waals surface area contributed by atoms with Gasteiger partial charge in [0.2, 0.25) is 0 Å². The zero-order valence-electron chi connectivity index (χ0n) is 7.90. The number of fused-ring (bicyclic) bond motifs is 2. The van der Waals surface area contributed by atoms with Crippen LogP contribution in [0, 0.1) is 17.3 Å². The fourth-order valence-corrected chi connectivity index (χ4v) is 4.13. The molecule has 13 heavy (non-hydrogen) atoms. The Balaban J connectivity index is 2.25. The molecule has 4 heteroatoms. The predicted molar refractivity (Wildman–Crippen MR) is 48.7 cm³/mol. The van der Waals surface area contributed by atoms with Crippen molar-refractivity contribution >= 4 is 11.1 Å². The molecule has 0 spiro atoms. The minimum absolute atomic E-state index is 0.0154. The summed E-state index contributed by atoms with van der Waals surface area (Å²) >= 11 is -2.01. The molecule has 1 N–H and O–H groups in total. The maximum Gasteiger partial charge on any atom is 0.0610 e. The van der Waals surface area contributed by atoms with Gasteiger partial charge in [-0.2, -0.15) is 0 Å². The molecule has 6 atom stereocenters. The fourth-order valence-electron chi connectivity index (χ4n) is 3.07. The summed E-state index contributed by atoms with van der Waals surface area (Å²) in [5.41, 5.74) is 0.0504. The molecule has 6 unspecified atom stereocenters. The Kier molecular flexibility index (Phi) is 2.06. The Hall–Kier alpha value is 0.0700. The third-order valence-corrected chi connectivity index (χ3v) is 5.16. The van der Waals surface area contributed by atoms with Gasteiger partial charge in [0.25, 0.3) is 0 Å². The lowest BCUT2D eigenvalue weighted by molar-refractivity contribution is 0.0446. The third kappa shape index (κ3) is 1.19. The maximum atomic E-state index is 10.9. The lowest BCUT2D eigenvalue weighted by Crippen LogP contribution is -2.39. The van der Waals surface area contributed by atoms with Crippen LogP contribution in [-0.2, 0) is 11.1 Å². The summed E-state index contributed by atoms with van der Waals surface area (Å²) in [6, 6.07) is 0. The average molecular weight is 203 g/mol. The van der Waals surface area contributed by atoms with E-state index in [4.69, 9.17) is 0 Å². The van der Waals surface area contributed by atoms with Crippen molar-refractivity contribution in [2.75, 3.05) is 0 Å². The number of hydrogen-bond acceptors (Lipinski definition) is 3. The lowest BCUT2D eigenvalue weighted by atomic mass is 9.76. The Morgan fingerprint density at radius 1 is 1.54 bits per heavy atom. The number of hydrogen-bond donors (Lipinski definition) is 1. The first-order valence-corrected chi connectivity index (χ1v) is 5.85. The molecular formula is C9H15O3S-. The maximum absolute atomic E-state index is 10.9. The van der Waals surface area contributed by atoms with Crippen molar-refractivity contribution in [3.05, 3.63) is 0 Å². The average Bonchev–Trinajstić information content (AvgIpc) is 2.49. The predicted octanol–water partition coefficient (Wildman–Crippen LogP) is 0.661. The van der Waals surface area contributed by atoms with Crippen molar-refractivity contribution in [2.45, 2.75) is 38.0 Å². The van der Waals surface area contributed by atoms with Crippen molar-refractivity contribution in [2.24, 2.45) is 17.3 Å². The van der Waals surface area contributed by atoms with E-state index >= 15 is 0 Å². The highest BCUT2D eigenvalue weighted by atomic mass is 32.2. The summed E-state index contributed by atoms with van der Waals surface area (Å²) in [7, 11) is 0. The summed E-state index contributed by atoms with van der Waals surface area (Å²) in [6.07, 6.45) is 1.18. The van der Waals surface area contributed by atoms with E-state index in [1.165, 1.54) is 0 Å². The highest BCUT2D eigenvalue weighted by Gasteiger charge is 2.57. The van der Waals surface area contributed by atoms with Crippen LogP contribution in [0.15, 0.2) is 0 Å². The molecule has 0 heterocycles. The number of aliphatic hydroxyl groups is 1. The molecule has 0 radical (unpaired) electrons. The van der Waals surface area contributed by atoms with Crippen LogP contribution in [0.3, 0.4) is 0 Å². The quantitative estimate of drug-likeness (QED) is 0.637. The normalized spacial score (nSPS) is 56.9. The van der Waals surface area contributed by atoms with Gasteiger partial charge in [-0.3, -0.25) is 4.21 Å². The van der Waals surface area contributed by atoms with Crippen LogP contribution in [0.25, 0.3) is 0 Å². The van der Waals surface area contributed by atoms with Gasteiger partial charge in [0, 0.05) is 5.25 Å². The van der Waals surface area contributed by atoms with Gasteiger partial charge in [-0.05, 0) is 30.1 Å². The van der Waals surface area contributed by atoms with Gasteiger partial charge in [0.1, 0.15) is 0 Å². The van der Waals surface area contributed by atoms with Gasteiger partial charge in [-0.25, -0.2) is 0 Å². The molecule has 0 aromatic carbocycles. The molecule has 2 saturated carbocycles. The summed E-state index contributed by atoms with van der Waals surface area (Å²) in [6.45, 7) is 4.11. The Morgan fingerprint density at radius 3 is 2.54 bits per heavy atom. The van der Waals surface area contributed by atoms with Crippen molar-refractivity contribution in [3.63, 3.8) is 0 Å². The molecule has 3 nitrogen and oxygen atoms in total. The second-order valence-corrected chi connectivity index (χ2v) is 5.93. The number of aliphatic hydroxyl groups excluding tert-OH is 1. The fraction of sp³-hybridized carbons (Fsp3) is 1.00. The summed E-state index contributed by atoms with van der Waals surface area (Å²) in [5, 5.41) is 9.49. The van der Waals surface area contributed by atoms with Crippen molar-refractivity contribution in [1.29, 1.82) is 0 Å². The number of rotatable bonds is 1. The van der Waals surface area contributed by atoms with Crippen LogP contribution in [0.5, 0.6) is 0 Å². The molecule has 2 fully saturated rings. The minimum atomic E-state index is -2.01. The molecular weight excluding hydrogens is 188 g/mol. The molecule has 2 bridgehead atoms. The largest absolute Gasteiger partial charge is 0.772 e. The highest BCUT2D eigenvalue weighted by molar-refractivity contribution is 7.79. The molecule has 0 aromatic heterocycles. The SMILES string of the molecule is CC1C(O)C2CC1(C)CC2S(=O)[O-]. The minimum Gasteiger partial charge on any atom is -0.772 e. The van der Waals surface area contributed by atoms with Crippen molar-refractivity contribution in [3.8, 4) is 0 Å². The summed E-state index contributed by atoms with van der Waals surface area (Å²) in [4.78, 5) is 0. The smallest absolute Gasteiger partial charge is 0.0610 e. The van der Waals surface area contributed by atoms with E-state index in [2.05, 4.69) is 6.92 Å². The van der Waals surface area contributed by atoms with Gasteiger partial charge in [-0.15, -0.1) is 0 Å². The first-order chi connectivity index (χ1) is 5.96. The molecule has 2 aliphatic carbocycles. The highest BCUT2D eigenvalue weighted by Crippen LogP contribution is 2.58. The third-order valence-electron chi connectivity index (χ3n) is 4.14. The van der Waals surface area contributed by atoms with Crippen LogP contribution in [-0.4, -0.2) is 25.2 Å². The first kappa shape index (κ1) is 9.62. The van der Waals surface area contributed by atoms with Gasteiger partial charge in [-0.1, -0.05) is 24.9 Å². The molecule has 0 saturated heterocycles. The monoisotopic (exact) mass is 203 g/mol. The van der Waals surface area contributed by atoms with Gasteiger partial charge >= 0.3 is 0 Å². The van der Waals surface area contributed by atoms with E-state index < -0.39 is 17.2 Å². The van der Waals surface area contributed by atoms with Gasteiger partial charge in [0.15, 0.2) is 0 Å². The zero-order chi connectivity index (χ0) is 9.80. The molecule has 0 aliphatic heterocycles. The van der Waals surface area contributed by atoms with E-state index in [9.17, 15) is 13.9 Å². The molecule has 0 aromatic rings. The summed E-state index contributed by atoms with van der Waals surface area (Å²) in [5.74, 6) is 0.232. The van der Waals surface area contributed by atoms with Crippen LogP contribution in [0.4, 0.5) is 0 Å². The zero-order valence-corrected chi connectivity index (χ0v) is 8.71. The second-order valence-electron chi connectivity index (χ2n) is 4.80. The Bertz CT molecular complexity index is 255. The van der Waals surface area contributed by atoms with E-state index in [1.807, 2.05) is 6.92 Å². The molecule has 76 valence electrons. The van der Waals surface area contributed by atoms with Crippen LogP contribution < -0.4 is 0 Å².